The average molecular weight is 221 g/mol. The maximum atomic E-state index is 5.58. The van der Waals surface area contributed by atoms with Crippen molar-refractivity contribution in [2.45, 2.75) is 45.8 Å². The second kappa shape index (κ2) is 5.46. The lowest BCUT2D eigenvalue weighted by atomic mass is 9.87. The first-order valence-electron chi connectivity index (χ1n) is 5.84. The van der Waals surface area contributed by atoms with Gasteiger partial charge in [0.25, 0.3) is 0 Å². The zero-order chi connectivity index (χ0) is 12.2. The summed E-state index contributed by atoms with van der Waals surface area (Å²) in [7, 11) is 0. The summed E-state index contributed by atoms with van der Waals surface area (Å²) in [6.07, 6.45) is 0.127. The Morgan fingerprint density at radius 3 is 2.19 bits per heavy atom. The fourth-order valence-electron chi connectivity index (χ4n) is 1.41. The van der Waals surface area contributed by atoms with Crippen LogP contribution < -0.4 is 5.73 Å². The monoisotopic (exact) mass is 221 g/mol. The highest BCUT2D eigenvalue weighted by Gasteiger charge is 2.12. The van der Waals surface area contributed by atoms with E-state index in [1.54, 1.807) is 0 Å². The molecule has 0 heterocycles. The van der Waals surface area contributed by atoms with Crippen LogP contribution in [0, 0.1) is 0 Å². The van der Waals surface area contributed by atoms with Crippen LogP contribution in [0.4, 0.5) is 0 Å². The average Bonchev–Trinajstić information content (AvgIpc) is 2.25. The number of nitrogens with two attached hydrogens (primary N) is 1. The van der Waals surface area contributed by atoms with Crippen LogP contribution in [0.15, 0.2) is 24.3 Å². The molecule has 1 aromatic rings. The number of benzene rings is 1. The third kappa shape index (κ3) is 3.95. The van der Waals surface area contributed by atoms with E-state index in [1.165, 1.54) is 11.1 Å². The molecule has 90 valence electrons. The van der Waals surface area contributed by atoms with Crippen molar-refractivity contribution in [1.82, 2.24) is 0 Å². The molecule has 2 heteroatoms. The van der Waals surface area contributed by atoms with E-state index in [4.69, 9.17) is 10.5 Å². The fourth-order valence-corrected chi connectivity index (χ4v) is 1.41. The van der Waals surface area contributed by atoms with Gasteiger partial charge in [0.15, 0.2) is 0 Å². The molecule has 0 spiro atoms. The van der Waals surface area contributed by atoms with E-state index in [9.17, 15) is 0 Å². The van der Waals surface area contributed by atoms with Gasteiger partial charge in [0.2, 0.25) is 0 Å². The van der Waals surface area contributed by atoms with Crippen LogP contribution in [-0.2, 0) is 16.8 Å². The third-order valence-electron chi connectivity index (χ3n) is 2.69. The van der Waals surface area contributed by atoms with E-state index in [2.05, 4.69) is 45.0 Å². The molecule has 2 nitrogen and oxygen atoms in total. The highest BCUT2D eigenvalue weighted by atomic mass is 16.5. The molecule has 1 unspecified atom stereocenters. The van der Waals surface area contributed by atoms with Crippen molar-refractivity contribution in [3.63, 3.8) is 0 Å². The van der Waals surface area contributed by atoms with Gasteiger partial charge in [0.05, 0.1) is 12.7 Å². The van der Waals surface area contributed by atoms with Crippen LogP contribution in [0.3, 0.4) is 0 Å². The quantitative estimate of drug-likeness (QED) is 0.848. The molecule has 0 saturated carbocycles. The predicted octanol–water partition coefficient (Wildman–Crippen LogP) is 2.85. The van der Waals surface area contributed by atoms with Gasteiger partial charge in [0, 0.05) is 6.54 Å². The lowest BCUT2D eigenvalue weighted by Crippen LogP contribution is -2.19. The molecule has 0 aliphatic carbocycles. The van der Waals surface area contributed by atoms with Crippen molar-refractivity contribution in [2.24, 2.45) is 5.73 Å². The van der Waals surface area contributed by atoms with Crippen molar-refractivity contribution < 1.29 is 4.74 Å². The Bertz CT molecular complexity index is 311. The summed E-state index contributed by atoms with van der Waals surface area (Å²) in [5.41, 5.74) is 8.26. The topological polar surface area (TPSA) is 35.2 Å². The Hall–Kier alpha value is -0.860. The number of ether oxygens (including phenoxy) is 1. The van der Waals surface area contributed by atoms with Gasteiger partial charge in [-0.15, -0.1) is 0 Å². The summed E-state index contributed by atoms with van der Waals surface area (Å²) < 4.78 is 5.58. The zero-order valence-corrected chi connectivity index (χ0v) is 10.8. The number of hydrogen-bond donors (Lipinski definition) is 1. The Balaban J connectivity index is 2.58. The summed E-state index contributed by atoms with van der Waals surface area (Å²) in [6.45, 7) is 9.85. The summed E-state index contributed by atoms with van der Waals surface area (Å²) in [5.74, 6) is 0. The summed E-state index contributed by atoms with van der Waals surface area (Å²) >= 11 is 0. The standard InChI is InChI=1S/C14H23NO/c1-11(9-15)16-10-12-5-7-13(8-6-12)14(2,3)4/h5-8,11H,9-10,15H2,1-4H3. The van der Waals surface area contributed by atoms with Crippen LogP contribution >= 0.6 is 0 Å². The van der Waals surface area contributed by atoms with Gasteiger partial charge in [-0.1, -0.05) is 45.0 Å². The SMILES string of the molecule is CC(CN)OCc1ccc(C(C)(C)C)cc1. The van der Waals surface area contributed by atoms with Crippen molar-refractivity contribution in [3.8, 4) is 0 Å². The third-order valence-corrected chi connectivity index (χ3v) is 2.69. The Morgan fingerprint density at radius 1 is 1.19 bits per heavy atom. The van der Waals surface area contributed by atoms with Gasteiger partial charge in [-0.05, 0) is 23.5 Å². The lowest BCUT2D eigenvalue weighted by molar-refractivity contribution is 0.0590. The Morgan fingerprint density at radius 2 is 1.75 bits per heavy atom. The molecular formula is C14H23NO. The molecule has 1 atom stereocenters. The fraction of sp³-hybridized carbons (Fsp3) is 0.571. The van der Waals surface area contributed by atoms with Gasteiger partial charge >= 0.3 is 0 Å². The number of rotatable bonds is 4. The summed E-state index contributed by atoms with van der Waals surface area (Å²) in [4.78, 5) is 0. The van der Waals surface area contributed by atoms with E-state index >= 15 is 0 Å². The smallest absolute Gasteiger partial charge is 0.0721 e. The van der Waals surface area contributed by atoms with Crippen LogP contribution in [-0.4, -0.2) is 12.6 Å². The highest BCUT2D eigenvalue weighted by molar-refractivity contribution is 5.27. The molecule has 0 fully saturated rings. The minimum absolute atomic E-state index is 0.127. The van der Waals surface area contributed by atoms with Crippen molar-refractivity contribution in [1.29, 1.82) is 0 Å². The molecule has 0 aliphatic rings. The second-order valence-electron chi connectivity index (χ2n) is 5.30. The van der Waals surface area contributed by atoms with Crippen LogP contribution in [0.5, 0.6) is 0 Å². The lowest BCUT2D eigenvalue weighted by Gasteiger charge is -2.19. The van der Waals surface area contributed by atoms with Gasteiger partial charge < -0.3 is 10.5 Å². The van der Waals surface area contributed by atoms with Crippen molar-refractivity contribution in [3.05, 3.63) is 35.4 Å². The maximum Gasteiger partial charge on any atom is 0.0721 e. The van der Waals surface area contributed by atoms with Crippen LogP contribution in [0.25, 0.3) is 0 Å². The Kier molecular flexibility index (Phi) is 4.51. The van der Waals surface area contributed by atoms with E-state index in [0.29, 0.717) is 13.2 Å². The first-order chi connectivity index (χ1) is 7.43. The zero-order valence-electron chi connectivity index (χ0n) is 10.8. The van der Waals surface area contributed by atoms with Gasteiger partial charge in [-0.3, -0.25) is 0 Å². The van der Waals surface area contributed by atoms with E-state index in [1.807, 2.05) is 6.92 Å². The molecular weight excluding hydrogens is 198 g/mol. The minimum Gasteiger partial charge on any atom is -0.373 e. The molecule has 0 bridgehead atoms. The second-order valence-corrected chi connectivity index (χ2v) is 5.30. The van der Waals surface area contributed by atoms with Gasteiger partial charge in [-0.2, -0.15) is 0 Å². The molecule has 0 aliphatic heterocycles. The predicted molar refractivity (Wildman–Crippen MR) is 68.4 cm³/mol. The first-order valence-corrected chi connectivity index (χ1v) is 5.84. The molecule has 1 aromatic carbocycles. The summed E-state index contributed by atoms with van der Waals surface area (Å²) in [5, 5.41) is 0. The van der Waals surface area contributed by atoms with Gasteiger partial charge in [0.1, 0.15) is 0 Å². The Labute approximate surface area is 98.8 Å². The highest BCUT2D eigenvalue weighted by Crippen LogP contribution is 2.22. The first kappa shape index (κ1) is 13.2. The molecule has 0 radical (unpaired) electrons. The molecule has 0 amide bonds. The number of hydrogen-bond acceptors (Lipinski definition) is 2. The van der Waals surface area contributed by atoms with E-state index in [-0.39, 0.29) is 11.5 Å². The van der Waals surface area contributed by atoms with E-state index in [0.717, 1.165) is 0 Å². The maximum absolute atomic E-state index is 5.58. The molecule has 16 heavy (non-hydrogen) atoms. The minimum atomic E-state index is 0.127. The molecule has 0 aromatic heterocycles. The molecule has 0 saturated heterocycles. The van der Waals surface area contributed by atoms with Crippen molar-refractivity contribution in [2.75, 3.05) is 6.54 Å². The summed E-state index contributed by atoms with van der Waals surface area (Å²) in [6, 6.07) is 8.60. The van der Waals surface area contributed by atoms with E-state index < -0.39 is 0 Å². The van der Waals surface area contributed by atoms with Crippen LogP contribution in [0.1, 0.15) is 38.8 Å². The van der Waals surface area contributed by atoms with Crippen molar-refractivity contribution >= 4 is 0 Å². The van der Waals surface area contributed by atoms with Crippen LogP contribution in [0.2, 0.25) is 0 Å². The van der Waals surface area contributed by atoms with Gasteiger partial charge in [-0.25, -0.2) is 0 Å². The molecule has 2 N–H and O–H groups in total. The molecule has 1 rings (SSSR count). The largest absolute Gasteiger partial charge is 0.373 e. The normalized spacial score (nSPS) is 13.8.